The predicted molar refractivity (Wildman–Crippen MR) is 77.7 cm³/mol. The van der Waals surface area contributed by atoms with Gasteiger partial charge >= 0.3 is 0 Å². The summed E-state index contributed by atoms with van der Waals surface area (Å²) >= 11 is 0. The van der Waals surface area contributed by atoms with Crippen LogP contribution in [0.3, 0.4) is 0 Å². The third kappa shape index (κ3) is 2.85. The molecule has 0 saturated carbocycles. The average molecular weight is 261 g/mol. The lowest BCUT2D eigenvalue weighted by molar-refractivity contribution is 0.526. The molecule has 0 aliphatic carbocycles. The second kappa shape index (κ2) is 5.15. The van der Waals surface area contributed by atoms with Crippen LogP contribution in [0.1, 0.15) is 46.4 Å². The van der Waals surface area contributed by atoms with E-state index in [0.717, 1.165) is 23.8 Å². The van der Waals surface area contributed by atoms with Crippen LogP contribution in [0.5, 0.6) is 0 Å². The van der Waals surface area contributed by atoms with Crippen molar-refractivity contribution >= 4 is 11.5 Å². The summed E-state index contributed by atoms with van der Waals surface area (Å²) in [7, 11) is 2.07. The number of fused-ring (bicyclic) bond motifs is 1. The molecule has 5 nitrogen and oxygen atoms in total. The monoisotopic (exact) mass is 261 g/mol. The van der Waals surface area contributed by atoms with Crippen LogP contribution in [0, 0.1) is 0 Å². The molecule has 0 aliphatic heterocycles. The summed E-state index contributed by atoms with van der Waals surface area (Å²) in [6.45, 7) is 9.58. The SMILES string of the molecule is CCCCN(C)c1ccc2nnc(C(C)(C)C)n2n1. The molecule has 2 aromatic rings. The minimum absolute atomic E-state index is 0.0625. The Balaban J connectivity index is 2.38. The summed E-state index contributed by atoms with van der Waals surface area (Å²) in [6, 6.07) is 3.99. The molecule has 2 aromatic heterocycles. The van der Waals surface area contributed by atoms with Crippen molar-refractivity contribution in [2.24, 2.45) is 0 Å². The van der Waals surface area contributed by atoms with E-state index in [1.54, 1.807) is 0 Å². The number of hydrogen-bond acceptors (Lipinski definition) is 4. The number of nitrogens with zero attached hydrogens (tertiary/aromatic N) is 5. The fraction of sp³-hybridized carbons (Fsp3) is 0.643. The highest BCUT2D eigenvalue weighted by Crippen LogP contribution is 2.21. The fourth-order valence-corrected chi connectivity index (χ4v) is 1.96. The topological polar surface area (TPSA) is 46.3 Å². The van der Waals surface area contributed by atoms with Crippen molar-refractivity contribution in [2.75, 3.05) is 18.5 Å². The van der Waals surface area contributed by atoms with Gasteiger partial charge in [0.15, 0.2) is 11.5 Å². The van der Waals surface area contributed by atoms with Gasteiger partial charge in [0.1, 0.15) is 5.82 Å². The minimum atomic E-state index is -0.0625. The quantitative estimate of drug-likeness (QED) is 0.849. The molecule has 0 saturated heterocycles. The Morgan fingerprint density at radius 2 is 1.95 bits per heavy atom. The van der Waals surface area contributed by atoms with Crippen LogP contribution in [0.15, 0.2) is 12.1 Å². The van der Waals surface area contributed by atoms with E-state index >= 15 is 0 Å². The highest BCUT2D eigenvalue weighted by molar-refractivity contribution is 5.45. The molecule has 5 heteroatoms. The molecular formula is C14H23N5. The van der Waals surface area contributed by atoms with E-state index in [-0.39, 0.29) is 5.41 Å². The van der Waals surface area contributed by atoms with Crippen LogP contribution < -0.4 is 4.90 Å². The molecule has 104 valence electrons. The first kappa shape index (κ1) is 13.8. The van der Waals surface area contributed by atoms with Gasteiger partial charge in [-0.05, 0) is 18.6 Å². The van der Waals surface area contributed by atoms with Crippen molar-refractivity contribution in [1.82, 2.24) is 19.8 Å². The van der Waals surface area contributed by atoms with Gasteiger partial charge in [-0.1, -0.05) is 34.1 Å². The number of unbranched alkanes of at least 4 members (excludes halogenated alkanes) is 1. The number of hydrogen-bond donors (Lipinski definition) is 0. The van der Waals surface area contributed by atoms with Crippen molar-refractivity contribution in [3.8, 4) is 0 Å². The van der Waals surface area contributed by atoms with Crippen LogP contribution in [0.25, 0.3) is 5.65 Å². The molecule has 0 fully saturated rings. The van der Waals surface area contributed by atoms with E-state index in [9.17, 15) is 0 Å². The van der Waals surface area contributed by atoms with E-state index in [2.05, 4.69) is 54.9 Å². The summed E-state index contributed by atoms with van der Waals surface area (Å²) in [5.74, 6) is 1.86. The van der Waals surface area contributed by atoms with Crippen molar-refractivity contribution in [3.05, 3.63) is 18.0 Å². The van der Waals surface area contributed by atoms with Gasteiger partial charge in [0.2, 0.25) is 0 Å². The third-order valence-electron chi connectivity index (χ3n) is 3.16. The maximum atomic E-state index is 4.67. The maximum Gasteiger partial charge on any atom is 0.178 e. The van der Waals surface area contributed by atoms with Gasteiger partial charge in [-0.2, -0.15) is 4.52 Å². The smallest absolute Gasteiger partial charge is 0.178 e. The van der Waals surface area contributed by atoms with Crippen LogP contribution in [0.4, 0.5) is 5.82 Å². The zero-order chi connectivity index (χ0) is 14.0. The molecule has 0 bridgehead atoms. The largest absolute Gasteiger partial charge is 0.358 e. The molecule has 0 N–H and O–H groups in total. The van der Waals surface area contributed by atoms with Gasteiger partial charge in [-0.15, -0.1) is 15.3 Å². The Morgan fingerprint density at radius 1 is 1.21 bits per heavy atom. The van der Waals surface area contributed by atoms with Gasteiger partial charge in [0, 0.05) is 19.0 Å². The van der Waals surface area contributed by atoms with E-state index in [1.807, 2.05) is 16.6 Å². The van der Waals surface area contributed by atoms with E-state index in [1.165, 1.54) is 12.8 Å². The molecule has 0 spiro atoms. The van der Waals surface area contributed by atoms with Crippen LogP contribution in [0.2, 0.25) is 0 Å². The zero-order valence-corrected chi connectivity index (χ0v) is 12.5. The Kier molecular flexibility index (Phi) is 3.73. The summed E-state index contributed by atoms with van der Waals surface area (Å²) in [6.07, 6.45) is 2.36. The van der Waals surface area contributed by atoms with Gasteiger partial charge < -0.3 is 4.90 Å². The zero-order valence-electron chi connectivity index (χ0n) is 12.5. The Bertz CT molecular complexity index is 552. The molecule has 0 aliphatic rings. The molecule has 2 rings (SSSR count). The van der Waals surface area contributed by atoms with Crippen LogP contribution >= 0.6 is 0 Å². The molecule has 0 amide bonds. The number of anilines is 1. The van der Waals surface area contributed by atoms with Crippen molar-refractivity contribution in [1.29, 1.82) is 0 Å². The molecule has 0 unspecified atom stereocenters. The first-order valence-electron chi connectivity index (χ1n) is 6.87. The Labute approximate surface area is 114 Å². The highest BCUT2D eigenvalue weighted by atomic mass is 15.4. The van der Waals surface area contributed by atoms with Gasteiger partial charge in [0.05, 0.1) is 0 Å². The summed E-state index contributed by atoms with van der Waals surface area (Å²) < 4.78 is 1.86. The molecule has 19 heavy (non-hydrogen) atoms. The number of rotatable bonds is 4. The third-order valence-corrected chi connectivity index (χ3v) is 3.16. The second-order valence-electron chi connectivity index (χ2n) is 6.01. The maximum absolute atomic E-state index is 4.67. The molecule has 0 radical (unpaired) electrons. The van der Waals surface area contributed by atoms with Gasteiger partial charge in [-0.25, -0.2) is 0 Å². The standard InChI is InChI=1S/C14H23N5/c1-6-7-10-18(5)12-9-8-11-15-16-13(14(2,3)4)19(11)17-12/h8-9H,6-7,10H2,1-5H3. The molecular weight excluding hydrogens is 238 g/mol. The predicted octanol–water partition coefficient (Wildman–Crippen LogP) is 2.66. The lowest BCUT2D eigenvalue weighted by atomic mass is 9.96. The molecule has 0 atom stereocenters. The Hall–Kier alpha value is -1.65. The van der Waals surface area contributed by atoms with E-state index < -0.39 is 0 Å². The summed E-state index contributed by atoms with van der Waals surface area (Å²) in [5.41, 5.74) is 0.741. The molecule has 0 aromatic carbocycles. The minimum Gasteiger partial charge on any atom is -0.358 e. The van der Waals surface area contributed by atoms with E-state index in [4.69, 9.17) is 0 Å². The van der Waals surface area contributed by atoms with Crippen molar-refractivity contribution < 1.29 is 0 Å². The fourth-order valence-electron chi connectivity index (χ4n) is 1.96. The summed E-state index contributed by atoms with van der Waals surface area (Å²) in [5, 5.41) is 13.1. The first-order chi connectivity index (χ1) is 8.93. The van der Waals surface area contributed by atoms with Crippen LogP contribution in [-0.2, 0) is 5.41 Å². The first-order valence-corrected chi connectivity index (χ1v) is 6.87. The van der Waals surface area contributed by atoms with Gasteiger partial charge in [0.25, 0.3) is 0 Å². The van der Waals surface area contributed by atoms with Crippen molar-refractivity contribution in [2.45, 2.75) is 46.0 Å². The Morgan fingerprint density at radius 3 is 2.58 bits per heavy atom. The second-order valence-corrected chi connectivity index (χ2v) is 6.01. The molecule has 2 heterocycles. The lowest BCUT2D eigenvalue weighted by Gasteiger charge is -2.19. The van der Waals surface area contributed by atoms with Crippen molar-refractivity contribution in [3.63, 3.8) is 0 Å². The van der Waals surface area contributed by atoms with E-state index in [0.29, 0.717) is 0 Å². The van der Waals surface area contributed by atoms with Crippen LogP contribution in [-0.4, -0.2) is 33.4 Å². The normalized spacial score (nSPS) is 12.1. The number of aromatic nitrogens is 4. The lowest BCUT2D eigenvalue weighted by Crippen LogP contribution is -2.22. The average Bonchev–Trinajstić information content (AvgIpc) is 2.78. The summed E-state index contributed by atoms with van der Waals surface area (Å²) in [4.78, 5) is 2.18. The highest BCUT2D eigenvalue weighted by Gasteiger charge is 2.22. The van der Waals surface area contributed by atoms with Gasteiger partial charge in [-0.3, -0.25) is 0 Å².